The van der Waals surface area contributed by atoms with Crippen molar-refractivity contribution in [2.24, 2.45) is 0 Å². The average Bonchev–Trinajstić information content (AvgIpc) is 3.05. The van der Waals surface area contributed by atoms with E-state index in [9.17, 15) is 9.59 Å². The predicted molar refractivity (Wildman–Crippen MR) is 76.0 cm³/mol. The number of hydrogen-bond donors (Lipinski definition) is 1. The third kappa shape index (κ3) is 2.66. The zero-order valence-corrected chi connectivity index (χ0v) is 11.9. The van der Waals surface area contributed by atoms with Crippen LogP contribution in [0.25, 0.3) is 0 Å². The highest BCUT2D eigenvalue weighted by molar-refractivity contribution is 6.25. The highest BCUT2D eigenvalue weighted by Gasteiger charge is 2.39. The Bertz CT molecular complexity index is 643. The van der Waals surface area contributed by atoms with Gasteiger partial charge >= 0.3 is 5.63 Å². The molecule has 1 saturated carbocycles. The standard InChI is InChI=1S/C15H16ClNO3/c1-9-7-11-13(14(19)17-9)10(8-12(18)20-11)3-2-4-15(16)5-6-15/h8H,1-7H2,(H,17,19). The monoisotopic (exact) mass is 293 g/mol. The topological polar surface area (TPSA) is 59.3 Å². The van der Waals surface area contributed by atoms with Gasteiger partial charge < -0.3 is 9.73 Å². The van der Waals surface area contributed by atoms with Gasteiger partial charge in [-0.3, -0.25) is 4.79 Å². The van der Waals surface area contributed by atoms with Gasteiger partial charge in [0.1, 0.15) is 5.76 Å². The number of rotatable bonds is 4. The molecule has 1 aliphatic carbocycles. The van der Waals surface area contributed by atoms with Gasteiger partial charge in [-0.15, -0.1) is 11.6 Å². The molecule has 20 heavy (non-hydrogen) atoms. The van der Waals surface area contributed by atoms with Gasteiger partial charge in [-0.2, -0.15) is 0 Å². The second-order valence-electron chi connectivity index (χ2n) is 5.63. The normalized spacial score (nSPS) is 19.4. The maximum Gasteiger partial charge on any atom is 0.336 e. The van der Waals surface area contributed by atoms with Crippen molar-refractivity contribution < 1.29 is 9.21 Å². The molecule has 0 bridgehead atoms. The summed E-state index contributed by atoms with van der Waals surface area (Å²) in [6, 6.07) is 1.42. The van der Waals surface area contributed by atoms with Crippen LogP contribution in [0.15, 0.2) is 27.6 Å². The molecule has 1 aliphatic heterocycles. The van der Waals surface area contributed by atoms with Gasteiger partial charge in [0.2, 0.25) is 0 Å². The highest BCUT2D eigenvalue weighted by Crippen LogP contribution is 2.46. The largest absolute Gasteiger partial charge is 0.427 e. The third-order valence-electron chi connectivity index (χ3n) is 3.87. The molecular formula is C15H16ClNO3. The first-order chi connectivity index (χ1) is 9.47. The quantitative estimate of drug-likeness (QED) is 0.868. The molecule has 5 heteroatoms. The van der Waals surface area contributed by atoms with Crippen LogP contribution < -0.4 is 10.9 Å². The van der Waals surface area contributed by atoms with Gasteiger partial charge in [0.05, 0.1) is 5.56 Å². The van der Waals surface area contributed by atoms with Crippen LogP contribution in [-0.2, 0) is 12.8 Å². The molecule has 1 aromatic rings. The Labute approximate surface area is 121 Å². The Balaban J connectivity index is 1.84. The first-order valence-electron chi connectivity index (χ1n) is 6.81. The first-order valence-corrected chi connectivity index (χ1v) is 7.19. The molecule has 2 aliphatic rings. The lowest BCUT2D eigenvalue weighted by Gasteiger charge is -2.19. The van der Waals surface area contributed by atoms with E-state index in [0.717, 1.165) is 31.2 Å². The fourth-order valence-electron chi connectivity index (χ4n) is 2.63. The summed E-state index contributed by atoms with van der Waals surface area (Å²) in [5, 5.41) is 2.69. The second-order valence-corrected chi connectivity index (χ2v) is 6.43. The summed E-state index contributed by atoms with van der Waals surface area (Å²) in [6.07, 6.45) is 4.95. The molecule has 0 aromatic carbocycles. The van der Waals surface area contributed by atoms with E-state index in [2.05, 4.69) is 11.9 Å². The van der Waals surface area contributed by atoms with Crippen LogP contribution in [0.3, 0.4) is 0 Å². The van der Waals surface area contributed by atoms with Crippen molar-refractivity contribution in [2.45, 2.75) is 43.4 Å². The van der Waals surface area contributed by atoms with Gasteiger partial charge in [-0.05, 0) is 37.7 Å². The van der Waals surface area contributed by atoms with Crippen molar-refractivity contribution >= 4 is 17.5 Å². The Hall–Kier alpha value is -1.55. The van der Waals surface area contributed by atoms with Gasteiger partial charge in [0.25, 0.3) is 5.91 Å². The minimum atomic E-state index is -0.409. The minimum absolute atomic E-state index is 0.0317. The van der Waals surface area contributed by atoms with Crippen molar-refractivity contribution in [1.29, 1.82) is 0 Å². The summed E-state index contributed by atoms with van der Waals surface area (Å²) in [6.45, 7) is 3.71. The lowest BCUT2D eigenvalue weighted by molar-refractivity contribution is 0.0952. The van der Waals surface area contributed by atoms with Crippen molar-refractivity contribution in [1.82, 2.24) is 5.32 Å². The number of carbonyl (C=O) groups is 1. The number of nitrogens with one attached hydrogen (secondary N) is 1. The number of halogens is 1. The number of hydrogen-bond acceptors (Lipinski definition) is 3. The third-order valence-corrected chi connectivity index (χ3v) is 4.44. The zero-order chi connectivity index (χ0) is 14.3. The maximum atomic E-state index is 12.0. The van der Waals surface area contributed by atoms with E-state index in [1.54, 1.807) is 0 Å². The smallest absolute Gasteiger partial charge is 0.336 e. The molecule has 1 aromatic heterocycles. The van der Waals surface area contributed by atoms with E-state index >= 15 is 0 Å². The van der Waals surface area contributed by atoms with E-state index < -0.39 is 5.63 Å². The van der Waals surface area contributed by atoms with Crippen LogP contribution in [0.1, 0.15) is 47.4 Å². The van der Waals surface area contributed by atoms with Crippen molar-refractivity contribution in [3.05, 3.63) is 45.6 Å². The average molecular weight is 294 g/mol. The fraction of sp³-hybridized carbons (Fsp3) is 0.467. The summed E-state index contributed by atoms with van der Waals surface area (Å²) in [4.78, 5) is 23.6. The number of allylic oxidation sites excluding steroid dienone is 1. The molecule has 0 radical (unpaired) electrons. The van der Waals surface area contributed by atoms with Crippen molar-refractivity contribution in [3.63, 3.8) is 0 Å². The summed E-state index contributed by atoms with van der Waals surface area (Å²) in [5.41, 5.74) is 1.40. The van der Waals surface area contributed by atoms with E-state index in [0.29, 0.717) is 29.9 Å². The second kappa shape index (κ2) is 4.77. The van der Waals surface area contributed by atoms with Crippen LogP contribution in [-0.4, -0.2) is 10.8 Å². The molecule has 4 nitrogen and oxygen atoms in total. The SMILES string of the molecule is C=C1Cc2oc(=O)cc(CCCC3(Cl)CC3)c2C(=O)N1. The number of fused-ring (bicyclic) bond motifs is 1. The van der Waals surface area contributed by atoms with Crippen molar-refractivity contribution in [2.75, 3.05) is 0 Å². The van der Waals surface area contributed by atoms with Gasteiger partial charge in [-0.25, -0.2) is 4.79 Å². The van der Waals surface area contributed by atoms with Gasteiger partial charge in [0.15, 0.2) is 0 Å². The molecule has 0 atom stereocenters. The molecule has 0 spiro atoms. The molecular weight excluding hydrogens is 278 g/mol. The molecule has 2 heterocycles. The molecule has 1 N–H and O–H groups in total. The van der Waals surface area contributed by atoms with Gasteiger partial charge in [0, 0.05) is 23.1 Å². The van der Waals surface area contributed by atoms with E-state index in [4.69, 9.17) is 16.0 Å². The lowest BCUT2D eigenvalue weighted by atomic mass is 9.96. The van der Waals surface area contributed by atoms with Crippen LogP contribution >= 0.6 is 11.6 Å². The first kappa shape index (κ1) is 13.4. The predicted octanol–water partition coefficient (Wildman–Crippen LogP) is 2.53. The molecule has 106 valence electrons. The van der Waals surface area contributed by atoms with Gasteiger partial charge in [-0.1, -0.05) is 6.58 Å². The molecule has 0 saturated heterocycles. The van der Waals surface area contributed by atoms with Crippen molar-refractivity contribution in [3.8, 4) is 0 Å². The van der Waals surface area contributed by atoms with Crippen LogP contribution in [0.5, 0.6) is 0 Å². The number of amides is 1. The summed E-state index contributed by atoms with van der Waals surface area (Å²) >= 11 is 6.26. The summed E-state index contributed by atoms with van der Waals surface area (Å²) < 4.78 is 5.14. The Morgan fingerprint density at radius 1 is 1.40 bits per heavy atom. The molecule has 0 unspecified atom stereocenters. The number of carbonyl (C=O) groups excluding carboxylic acids is 1. The van der Waals surface area contributed by atoms with E-state index in [1.807, 2.05) is 0 Å². The summed E-state index contributed by atoms with van der Waals surface area (Å²) in [7, 11) is 0. The Kier molecular flexibility index (Phi) is 3.21. The molecule has 1 amide bonds. The van der Waals surface area contributed by atoms with Crippen LogP contribution in [0.4, 0.5) is 0 Å². The Morgan fingerprint density at radius 3 is 2.85 bits per heavy atom. The van der Waals surface area contributed by atoms with E-state index in [1.165, 1.54) is 6.07 Å². The highest BCUT2D eigenvalue weighted by atomic mass is 35.5. The van der Waals surface area contributed by atoms with E-state index in [-0.39, 0.29) is 10.8 Å². The fourth-order valence-corrected chi connectivity index (χ4v) is 2.86. The Morgan fingerprint density at radius 2 is 2.15 bits per heavy atom. The zero-order valence-electron chi connectivity index (χ0n) is 11.1. The maximum absolute atomic E-state index is 12.0. The number of alkyl halides is 1. The molecule has 3 rings (SSSR count). The lowest BCUT2D eigenvalue weighted by Crippen LogP contribution is -2.32. The molecule has 1 fully saturated rings. The minimum Gasteiger partial charge on any atom is -0.427 e. The number of aryl methyl sites for hydroxylation is 1. The van der Waals surface area contributed by atoms with Crippen LogP contribution in [0, 0.1) is 0 Å². The summed E-state index contributed by atoms with van der Waals surface area (Å²) in [5.74, 6) is 0.190. The van der Waals surface area contributed by atoms with Crippen LogP contribution in [0.2, 0.25) is 0 Å².